The van der Waals surface area contributed by atoms with Crippen molar-refractivity contribution in [3.05, 3.63) is 29.8 Å². The van der Waals surface area contributed by atoms with E-state index in [0.717, 1.165) is 5.56 Å². The highest BCUT2D eigenvalue weighted by atomic mass is 16.3. The van der Waals surface area contributed by atoms with Gasteiger partial charge in [0.25, 0.3) is 0 Å². The van der Waals surface area contributed by atoms with Gasteiger partial charge < -0.3 is 20.8 Å². The third-order valence-corrected chi connectivity index (χ3v) is 2.34. The van der Waals surface area contributed by atoms with Crippen molar-refractivity contribution in [1.82, 2.24) is 10.6 Å². The van der Waals surface area contributed by atoms with Crippen LogP contribution in [0.4, 0.5) is 0 Å². The molecule has 0 radical (unpaired) electrons. The smallest absolute Gasteiger partial charge is 0.234 e. The van der Waals surface area contributed by atoms with Crippen molar-refractivity contribution in [2.45, 2.75) is 12.5 Å². The SMILES string of the molecule is CNCC(=O)NC(CO)Cc1ccc(O)cc1. The van der Waals surface area contributed by atoms with Crippen molar-refractivity contribution in [1.29, 1.82) is 0 Å². The number of likely N-dealkylation sites (N-methyl/N-ethyl adjacent to an activating group) is 1. The van der Waals surface area contributed by atoms with Crippen molar-refractivity contribution >= 4 is 5.91 Å². The number of phenolic OH excluding ortho intramolecular Hbond substituents is 1. The lowest BCUT2D eigenvalue weighted by Crippen LogP contribution is -2.42. The van der Waals surface area contributed by atoms with Gasteiger partial charge in [-0.15, -0.1) is 0 Å². The molecule has 1 aromatic carbocycles. The largest absolute Gasteiger partial charge is 0.508 e. The summed E-state index contributed by atoms with van der Waals surface area (Å²) in [6, 6.07) is 6.39. The quantitative estimate of drug-likeness (QED) is 0.545. The number of benzene rings is 1. The van der Waals surface area contributed by atoms with Crippen LogP contribution in [0.5, 0.6) is 5.75 Å². The molecule has 94 valence electrons. The van der Waals surface area contributed by atoms with Crippen molar-refractivity contribution in [2.75, 3.05) is 20.2 Å². The lowest BCUT2D eigenvalue weighted by Gasteiger charge is -2.16. The number of aliphatic hydroxyl groups excluding tert-OH is 1. The van der Waals surface area contributed by atoms with Gasteiger partial charge in [-0.05, 0) is 31.2 Å². The topological polar surface area (TPSA) is 81.6 Å². The summed E-state index contributed by atoms with van der Waals surface area (Å²) in [5.41, 5.74) is 0.951. The molecule has 5 nitrogen and oxygen atoms in total. The van der Waals surface area contributed by atoms with Gasteiger partial charge in [-0.25, -0.2) is 0 Å². The van der Waals surface area contributed by atoms with Crippen LogP contribution in [-0.2, 0) is 11.2 Å². The summed E-state index contributed by atoms with van der Waals surface area (Å²) in [7, 11) is 1.69. The Morgan fingerprint density at radius 3 is 2.53 bits per heavy atom. The van der Waals surface area contributed by atoms with Crippen LogP contribution in [0.1, 0.15) is 5.56 Å². The highest BCUT2D eigenvalue weighted by molar-refractivity contribution is 5.78. The van der Waals surface area contributed by atoms with Crippen LogP contribution in [0.15, 0.2) is 24.3 Å². The third-order valence-electron chi connectivity index (χ3n) is 2.34. The molecular weight excluding hydrogens is 220 g/mol. The molecule has 1 rings (SSSR count). The van der Waals surface area contributed by atoms with E-state index in [2.05, 4.69) is 10.6 Å². The zero-order chi connectivity index (χ0) is 12.7. The van der Waals surface area contributed by atoms with E-state index in [0.29, 0.717) is 6.42 Å². The number of hydrogen-bond donors (Lipinski definition) is 4. The molecule has 0 fully saturated rings. The normalized spacial score (nSPS) is 12.1. The molecule has 17 heavy (non-hydrogen) atoms. The maximum absolute atomic E-state index is 11.3. The van der Waals surface area contributed by atoms with Gasteiger partial charge in [0.1, 0.15) is 5.75 Å². The standard InChI is InChI=1S/C12H18N2O3/c1-13-7-12(17)14-10(8-15)6-9-2-4-11(16)5-3-9/h2-5,10,13,15-16H,6-8H2,1H3,(H,14,17). The first-order valence-electron chi connectivity index (χ1n) is 5.48. The van der Waals surface area contributed by atoms with E-state index < -0.39 is 0 Å². The first kappa shape index (κ1) is 13.5. The molecule has 0 saturated carbocycles. The molecule has 0 aromatic heterocycles. The first-order valence-corrected chi connectivity index (χ1v) is 5.48. The molecule has 0 saturated heterocycles. The van der Waals surface area contributed by atoms with Gasteiger partial charge in [0.15, 0.2) is 0 Å². The number of carbonyl (C=O) groups is 1. The second-order valence-electron chi connectivity index (χ2n) is 3.85. The van der Waals surface area contributed by atoms with Crippen molar-refractivity contribution < 1.29 is 15.0 Å². The Hall–Kier alpha value is -1.59. The number of rotatable bonds is 6. The average molecular weight is 238 g/mol. The first-order chi connectivity index (χ1) is 8.15. The molecule has 4 N–H and O–H groups in total. The van der Waals surface area contributed by atoms with Crippen molar-refractivity contribution in [3.63, 3.8) is 0 Å². The van der Waals surface area contributed by atoms with Gasteiger partial charge in [0, 0.05) is 0 Å². The molecular formula is C12H18N2O3. The summed E-state index contributed by atoms with van der Waals surface area (Å²) in [6.07, 6.45) is 0.534. The van der Waals surface area contributed by atoms with Crippen molar-refractivity contribution in [2.24, 2.45) is 0 Å². The lowest BCUT2D eigenvalue weighted by atomic mass is 10.1. The summed E-state index contributed by atoms with van der Waals surface area (Å²) < 4.78 is 0. The van der Waals surface area contributed by atoms with Gasteiger partial charge in [-0.3, -0.25) is 4.79 Å². The van der Waals surface area contributed by atoms with Crippen LogP contribution in [0.2, 0.25) is 0 Å². The van der Waals surface area contributed by atoms with E-state index in [-0.39, 0.29) is 30.9 Å². The molecule has 1 atom stereocenters. The van der Waals surface area contributed by atoms with Gasteiger partial charge >= 0.3 is 0 Å². The number of hydrogen-bond acceptors (Lipinski definition) is 4. The maximum atomic E-state index is 11.3. The molecule has 1 amide bonds. The average Bonchev–Trinajstić information content (AvgIpc) is 2.31. The zero-order valence-corrected chi connectivity index (χ0v) is 9.81. The summed E-state index contributed by atoms with van der Waals surface area (Å²) >= 11 is 0. The Bertz CT molecular complexity index is 351. The predicted molar refractivity (Wildman–Crippen MR) is 64.8 cm³/mol. The molecule has 1 aromatic rings. The summed E-state index contributed by atoms with van der Waals surface area (Å²) in [6.45, 7) is 0.114. The van der Waals surface area contributed by atoms with Crippen molar-refractivity contribution in [3.8, 4) is 5.75 Å². The minimum Gasteiger partial charge on any atom is -0.508 e. The second kappa shape index (κ2) is 6.88. The van der Waals surface area contributed by atoms with E-state index in [9.17, 15) is 9.90 Å². The molecule has 0 bridgehead atoms. The lowest BCUT2D eigenvalue weighted by molar-refractivity contribution is -0.121. The van der Waals surface area contributed by atoms with E-state index in [1.807, 2.05) is 0 Å². The van der Waals surface area contributed by atoms with Gasteiger partial charge in [0.2, 0.25) is 5.91 Å². The van der Waals surface area contributed by atoms with Gasteiger partial charge in [0.05, 0.1) is 19.2 Å². The van der Waals surface area contributed by atoms with Crippen LogP contribution >= 0.6 is 0 Å². The monoisotopic (exact) mass is 238 g/mol. The number of aliphatic hydroxyl groups is 1. The van der Waals surface area contributed by atoms with Crippen LogP contribution in [-0.4, -0.2) is 42.4 Å². The van der Waals surface area contributed by atoms with Gasteiger partial charge in [-0.1, -0.05) is 12.1 Å². The third kappa shape index (κ3) is 4.84. The Morgan fingerprint density at radius 1 is 1.35 bits per heavy atom. The van der Waals surface area contributed by atoms with Gasteiger partial charge in [-0.2, -0.15) is 0 Å². The Labute approximate surface area is 100 Å². The van der Waals surface area contributed by atoms with Crippen LogP contribution in [0, 0.1) is 0 Å². The molecule has 0 aliphatic rings. The molecule has 0 aliphatic heterocycles. The van der Waals surface area contributed by atoms with E-state index in [1.165, 1.54) is 0 Å². The van der Waals surface area contributed by atoms with Crippen LogP contribution in [0.3, 0.4) is 0 Å². The Kier molecular flexibility index (Phi) is 5.45. The minimum absolute atomic E-state index is 0.115. The fourth-order valence-electron chi connectivity index (χ4n) is 1.52. The molecule has 0 spiro atoms. The highest BCUT2D eigenvalue weighted by Crippen LogP contribution is 2.11. The van der Waals surface area contributed by atoms with Crippen LogP contribution in [0.25, 0.3) is 0 Å². The molecule has 1 unspecified atom stereocenters. The second-order valence-corrected chi connectivity index (χ2v) is 3.85. The summed E-state index contributed by atoms with van der Waals surface area (Å²) in [4.78, 5) is 11.3. The predicted octanol–water partition coefficient (Wildman–Crippen LogP) is -0.369. The molecule has 0 heterocycles. The minimum atomic E-state index is -0.305. The van der Waals surface area contributed by atoms with E-state index in [1.54, 1.807) is 31.3 Å². The van der Waals surface area contributed by atoms with E-state index in [4.69, 9.17) is 5.11 Å². The number of aromatic hydroxyl groups is 1. The Morgan fingerprint density at radius 2 is 2.00 bits per heavy atom. The highest BCUT2D eigenvalue weighted by Gasteiger charge is 2.11. The fraction of sp³-hybridized carbons (Fsp3) is 0.417. The summed E-state index contributed by atoms with van der Waals surface area (Å²) in [5, 5.41) is 23.8. The number of carbonyl (C=O) groups excluding carboxylic acids is 1. The molecule has 0 aliphatic carbocycles. The number of amides is 1. The summed E-state index contributed by atoms with van der Waals surface area (Å²) in [5.74, 6) is 0.0545. The van der Waals surface area contributed by atoms with E-state index >= 15 is 0 Å². The number of nitrogens with one attached hydrogen (secondary N) is 2. The number of phenols is 1. The molecule has 5 heteroatoms. The van der Waals surface area contributed by atoms with Crippen LogP contribution < -0.4 is 10.6 Å². The fourth-order valence-corrected chi connectivity index (χ4v) is 1.52. The Balaban J connectivity index is 2.51. The zero-order valence-electron chi connectivity index (χ0n) is 9.81. The maximum Gasteiger partial charge on any atom is 0.234 e.